The van der Waals surface area contributed by atoms with Crippen molar-refractivity contribution in [3.63, 3.8) is 0 Å². The van der Waals surface area contributed by atoms with Gasteiger partial charge in [-0.3, -0.25) is 4.79 Å². The first-order chi connectivity index (χ1) is 5.01. The standard InChI is InChI=1S/C7H10F2O2.Li/c8-7(9)3-1-5(2-4-7)6(10)11;/h5H,1-4H2,(H,10,11);. The number of carboxylic acids is 1. The molecule has 1 aliphatic carbocycles. The van der Waals surface area contributed by atoms with Gasteiger partial charge in [-0.15, -0.1) is 0 Å². The fourth-order valence-electron chi connectivity index (χ4n) is 1.29. The zero-order valence-electron chi connectivity index (χ0n) is 7.02. The van der Waals surface area contributed by atoms with Crippen molar-refractivity contribution >= 4 is 24.8 Å². The Morgan fingerprint density at radius 2 is 1.75 bits per heavy atom. The minimum atomic E-state index is -2.62. The van der Waals surface area contributed by atoms with Gasteiger partial charge in [0.15, 0.2) is 0 Å². The van der Waals surface area contributed by atoms with Crippen molar-refractivity contribution in [1.82, 2.24) is 0 Å². The average Bonchev–Trinajstić information content (AvgIpc) is 1.86. The van der Waals surface area contributed by atoms with Gasteiger partial charge in [0.05, 0.1) is 5.92 Å². The Labute approximate surface area is 81.5 Å². The molecule has 0 spiro atoms. The summed E-state index contributed by atoms with van der Waals surface area (Å²) >= 11 is 0. The van der Waals surface area contributed by atoms with E-state index in [0.717, 1.165) is 0 Å². The van der Waals surface area contributed by atoms with Crippen molar-refractivity contribution in [1.29, 1.82) is 0 Å². The molecule has 0 bridgehead atoms. The van der Waals surface area contributed by atoms with Gasteiger partial charge < -0.3 is 5.11 Å². The van der Waals surface area contributed by atoms with Gasteiger partial charge in [-0.25, -0.2) is 8.78 Å². The third-order valence-electron chi connectivity index (χ3n) is 2.07. The molecule has 1 saturated carbocycles. The van der Waals surface area contributed by atoms with Crippen molar-refractivity contribution < 1.29 is 18.7 Å². The maximum atomic E-state index is 12.4. The molecular formula is C7H10F2LiO2. The molecule has 1 aliphatic rings. The van der Waals surface area contributed by atoms with Crippen LogP contribution in [0.2, 0.25) is 0 Å². The molecule has 0 atom stereocenters. The molecule has 0 unspecified atom stereocenters. The maximum Gasteiger partial charge on any atom is 0.306 e. The van der Waals surface area contributed by atoms with E-state index in [9.17, 15) is 13.6 Å². The third-order valence-corrected chi connectivity index (χ3v) is 2.07. The summed E-state index contributed by atoms with van der Waals surface area (Å²) in [4.78, 5) is 10.3. The summed E-state index contributed by atoms with van der Waals surface area (Å²) in [5.74, 6) is -4.11. The van der Waals surface area contributed by atoms with Crippen LogP contribution < -0.4 is 0 Å². The molecule has 1 rings (SSSR count). The Hall–Kier alpha value is -0.0726. The summed E-state index contributed by atoms with van der Waals surface area (Å²) in [6.45, 7) is 0. The van der Waals surface area contributed by atoms with E-state index in [4.69, 9.17) is 5.11 Å². The van der Waals surface area contributed by atoms with Crippen LogP contribution in [0.5, 0.6) is 0 Å². The van der Waals surface area contributed by atoms with Crippen LogP contribution in [-0.2, 0) is 4.79 Å². The number of halogens is 2. The first kappa shape index (κ1) is 11.9. The molecule has 0 heterocycles. The Balaban J connectivity index is 0.00000121. The molecular weight excluding hydrogens is 161 g/mol. The Morgan fingerprint density at radius 1 is 1.33 bits per heavy atom. The Morgan fingerprint density at radius 3 is 2.08 bits per heavy atom. The molecule has 0 amide bonds. The molecule has 1 fully saturated rings. The minimum Gasteiger partial charge on any atom is -0.481 e. The van der Waals surface area contributed by atoms with Gasteiger partial charge in [0.1, 0.15) is 0 Å². The van der Waals surface area contributed by atoms with E-state index in [2.05, 4.69) is 0 Å². The summed E-state index contributed by atoms with van der Waals surface area (Å²) in [6.07, 6.45) is -0.321. The number of aliphatic carboxylic acids is 1. The fourth-order valence-corrected chi connectivity index (χ4v) is 1.29. The van der Waals surface area contributed by atoms with Gasteiger partial charge in [0.2, 0.25) is 5.92 Å². The van der Waals surface area contributed by atoms with Crippen LogP contribution >= 0.6 is 0 Å². The van der Waals surface area contributed by atoms with E-state index in [0.29, 0.717) is 0 Å². The minimum absolute atomic E-state index is 0. The Bertz CT molecular complexity index is 163. The topological polar surface area (TPSA) is 37.3 Å². The summed E-state index contributed by atoms with van der Waals surface area (Å²) < 4.78 is 24.9. The van der Waals surface area contributed by atoms with Crippen LogP contribution in [0.4, 0.5) is 8.78 Å². The normalized spacial score (nSPS) is 22.8. The first-order valence-corrected chi connectivity index (χ1v) is 3.62. The van der Waals surface area contributed by atoms with Crippen molar-refractivity contribution in [3.05, 3.63) is 0 Å². The summed E-state index contributed by atoms with van der Waals surface area (Å²) in [6, 6.07) is 0. The number of hydrogen-bond acceptors (Lipinski definition) is 1. The predicted molar refractivity (Wildman–Crippen MR) is 40.3 cm³/mol. The number of rotatable bonds is 1. The number of alkyl halides is 2. The molecule has 0 aromatic rings. The first-order valence-electron chi connectivity index (χ1n) is 3.62. The van der Waals surface area contributed by atoms with Crippen LogP contribution in [0.15, 0.2) is 0 Å². The zero-order valence-corrected chi connectivity index (χ0v) is 7.02. The fraction of sp³-hybridized carbons (Fsp3) is 0.857. The van der Waals surface area contributed by atoms with Crippen LogP contribution in [0, 0.1) is 5.92 Å². The van der Waals surface area contributed by atoms with E-state index in [1.54, 1.807) is 0 Å². The van der Waals surface area contributed by atoms with Crippen LogP contribution in [0.25, 0.3) is 0 Å². The predicted octanol–water partition coefficient (Wildman–Crippen LogP) is 1.52. The summed E-state index contributed by atoms with van der Waals surface area (Å²) in [7, 11) is 0. The summed E-state index contributed by atoms with van der Waals surface area (Å²) in [5.41, 5.74) is 0. The second kappa shape index (κ2) is 4.25. The van der Waals surface area contributed by atoms with E-state index < -0.39 is 17.8 Å². The van der Waals surface area contributed by atoms with E-state index in [-0.39, 0.29) is 44.5 Å². The zero-order chi connectivity index (χ0) is 8.48. The number of carbonyl (C=O) groups is 1. The second-order valence-electron chi connectivity index (χ2n) is 2.97. The molecule has 1 N–H and O–H groups in total. The molecule has 5 heteroatoms. The molecule has 0 aliphatic heterocycles. The van der Waals surface area contributed by atoms with Crippen LogP contribution in [0.1, 0.15) is 25.7 Å². The van der Waals surface area contributed by atoms with Crippen molar-refractivity contribution in [2.45, 2.75) is 31.6 Å². The SMILES string of the molecule is O=C(O)C1CCC(F)(F)CC1.[Li]. The number of carboxylic acid groups (broad SMARTS) is 1. The van der Waals surface area contributed by atoms with Crippen molar-refractivity contribution in [3.8, 4) is 0 Å². The van der Waals surface area contributed by atoms with Crippen molar-refractivity contribution in [2.75, 3.05) is 0 Å². The summed E-state index contributed by atoms with van der Waals surface area (Å²) in [5, 5.41) is 8.46. The molecule has 0 saturated heterocycles. The van der Waals surface area contributed by atoms with Gasteiger partial charge in [0, 0.05) is 31.7 Å². The van der Waals surface area contributed by atoms with Crippen LogP contribution in [0.3, 0.4) is 0 Å². The Kier molecular flexibility index (Phi) is 4.22. The van der Waals surface area contributed by atoms with E-state index in [1.807, 2.05) is 0 Å². The molecule has 65 valence electrons. The monoisotopic (exact) mass is 171 g/mol. The van der Waals surface area contributed by atoms with Gasteiger partial charge >= 0.3 is 5.97 Å². The van der Waals surface area contributed by atoms with Gasteiger partial charge in [-0.2, -0.15) is 0 Å². The maximum absolute atomic E-state index is 12.4. The molecule has 2 nitrogen and oxygen atoms in total. The number of hydrogen-bond donors (Lipinski definition) is 1. The van der Waals surface area contributed by atoms with E-state index >= 15 is 0 Å². The molecule has 0 aromatic carbocycles. The molecule has 0 aromatic heterocycles. The molecule has 12 heavy (non-hydrogen) atoms. The van der Waals surface area contributed by atoms with E-state index in [1.165, 1.54) is 0 Å². The quantitative estimate of drug-likeness (QED) is 0.607. The van der Waals surface area contributed by atoms with Gasteiger partial charge in [0.25, 0.3) is 0 Å². The van der Waals surface area contributed by atoms with Gasteiger partial charge in [-0.1, -0.05) is 0 Å². The molecule has 1 radical (unpaired) electrons. The average molecular weight is 171 g/mol. The smallest absolute Gasteiger partial charge is 0.306 e. The third kappa shape index (κ3) is 3.12. The second-order valence-corrected chi connectivity index (χ2v) is 2.97. The largest absolute Gasteiger partial charge is 0.481 e. The van der Waals surface area contributed by atoms with Crippen LogP contribution in [-0.4, -0.2) is 35.9 Å². The van der Waals surface area contributed by atoms with Crippen molar-refractivity contribution in [2.24, 2.45) is 5.92 Å². The van der Waals surface area contributed by atoms with Gasteiger partial charge in [-0.05, 0) is 12.8 Å².